The van der Waals surface area contributed by atoms with Crippen molar-refractivity contribution in [3.8, 4) is 0 Å². The number of carbonyl (C=O) groups excluding carboxylic acids is 2. The van der Waals surface area contributed by atoms with Crippen LogP contribution in [0.3, 0.4) is 0 Å². The first kappa shape index (κ1) is 18.4. The Morgan fingerprint density at radius 2 is 1.76 bits per heavy atom. The fraction of sp³-hybridized carbons (Fsp3) is 0.316. The summed E-state index contributed by atoms with van der Waals surface area (Å²) in [6.45, 7) is 4.46. The second-order valence-electron chi connectivity index (χ2n) is 5.81. The Labute approximate surface area is 148 Å². The van der Waals surface area contributed by atoms with Gasteiger partial charge in [0, 0.05) is 37.2 Å². The van der Waals surface area contributed by atoms with Crippen LogP contribution in [0.4, 0.5) is 17.1 Å². The molecular weight excluding hydrogens is 316 g/mol. The molecule has 3 N–H and O–H groups in total. The minimum Gasteiger partial charge on any atom is -0.384 e. The number of hydrogen-bond acceptors (Lipinski definition) is 4. The van der Waals surface area contributed by atoms with Crippen molar-refractivity contribution in [1.82, 2.24) is 4.98 Å². The van der Waals surface area contributed by atoms with Gasteiger partial charge in [0.05, 0.1) is 11.3 Å². The molecule has 0 aliphatic heterocycles. The van der Waals surface area contributed by atoms with Crippen LogP contribution in [0.1, 0.15) is 43.5 Å². The molecule has 0 aliphatic rings. The Balaban J connectivity index is 1.99. The molecule has 132 valence electrons. The maximum absolute atomic E-state index is 12.4. The molecule has 0 saturated carbocycles. The van der Waals surface area contributed by atoms with Crippen LogP contribution in [0.15, 0.2) is 42.7 Å². The van der Waals surface area contributed by atoms with E-state index in [0.717, 1.165) is 18.7 Å². The number of unbranched alkanes of at least 4 members (excludes halogenated alkanes) is 2. The Morgan fingerprint density at radius 1 is 1.00 bits per heavy atom. The highest BCUT2D eigenvalue weighted by Gasteiger charge is 2.08. The van der Waals surface area contributed by atoms with Crippen molar-refractivity contribution in [2.45, 2.75) is 33.1 Å². The monoisotopic (exact) mass is 340 g/mol. The van der Waals surface area contributed by atoms with Gasteiger partial charge in [0.15, 0.2) is 0 Å². The van der Waals surface area contributed by atoms with Gasteiger partial charge in [0.25, 0.3) is 5.91 Å². The third-order valence-electron chi connectivity index (χ3n) is 3.55. The van der Waals surface area contributed by atoms with Crippen molar-refractivity contribution in [2.75, 3.05) is 22.5 Å². The lowest BCUT2D eigenvalue weighted by molar-refractivity contribution is -0.114. The van der Waals surface area contributed by atoms with Crippen LogP contribution in [0.5, 0.6) is 0 Å². The first-order valence-corrected chi connectivity index (χ1v) is 8.46. The molecule has 2 rings (SSSR count). The van der Waals surface area contributed by atoms with E-state index in [1.165, 1.54) is 26.0 Å². The molecule has 0 unspecified atom stereocenters. The summed E-state index contributed by atoms with van der Waals surface area (Å²) < 4.78 is 0. The van der Waals surface area contributed by atoms with Gasteiger partial charge in [-0.25, -0.2) is 0 Å². The van der Waals surface area contributed by atoms with E-state index in [1.54, 1.807) is 36.5 Å². The third kappa shape index (κ3) is 6.25. The summed E-state index contributed by atoms with van der Waals surface area (Å²) in [7, 11) is 0. The van der Waals surface area contributed by atoms with Gasteiger partial charge in [-0.3, -0.25) is 14.6 Å². The van der Waals surface area contributed by atoms with Crippen LogP contribution in [0.2, 0.25) is 0 Å². The van der Waals surface area contributed by atoms with Crippen LogP contribution in [0.25, 0.3) is 0 Å². The standard InChI is InChI=1S/C19H24N4O2/c1-3-4-5-9-21-18-10-15(12-20-13-18)19(25)23-17-8-6-7-16(11-17)22-14(2)24/h6-8,10-13,21H,3-5,9H2,1-2H3,(H,22,24)(H,23,25). The van der Waals surface area contributed by atoms with Crippen molar-refractivity contribution in [3.05, 3.63) is 48.3 Å². The van der Waals surface area contributed by atoms with E-state index in [-0.39, 0.29) is 11.8 Å². The molecule has 0 fully saturated rings. The first-order chi connectivity index (χ1) is 12.1. The van der Waals surface area contributed by atoms with Crippen molar-refractivity contribution >= 4 is 28.9 Å². The molecule has 0 aliphatic carbocycles. The fourth-order valence-electron chi connectivity index (χ4n) is 2.35. The van der Waals surface area contributed by atoms with Crippen molar-refractivity contribution < 1.29 is 9.59 Å². The van der Waals surface area contributed by atoms with Crippen LogP contribution >= 0.6 is 0 Å². The van der Waals surface area contributed by atoms with Crippen LogP contribution in [-0.4, -0.2) is 23.3 Å². The molecule has 25 heavy (non-hydrogen) atoms. The zero-order chi connectivity index (χ0) is 18.1. The zero-order valence-corrected chi connectivity index (χ0v) is 14.6. The number of nitrogens with one attached hydrogen (secondary N) is 3. The number of rotatable bonds is 8. The first-order valence-electron chi connectivity index (χ1n) is 8.46. The van der Waals surface area contributed by atoms with E-state index in [4.69, 9.17) is 0 Å². The summed E-state index contributed by atoms with van der Waals surface area (Å²) in [6.07, 6.45) is 6.67. The summed E-state index contributed by atoms with van der Waals surface area (Å²) in [6, 6.07) is 8.79. The summed E-state index contributed by atoms with van der Waals surface area (Å²) in [5, 5.41) is 8.78. The molecule has 2 amide bonds. The number of amides is 2. The minimum absolute atomic E-state index is 0.158. The molecule has 0 atom stereocenters. The van der Waals surface area contributed by atoms with E-state index in [1.807, 2.05) is 0 Å². The molecule has 0 bridgehead atoms. The van der Waals surface area contributed by atoms with Gasteiger partial charge in [-0.05, 0) is 30.7 Å². The van der Waals surface area contributed by atoms with E-state index in [0.29, 0.717) is 16.9 Å². The lowest BCUT2D eigenvalue weighted by Gasteiger charge is -2.09. The maximum Gasteiger partial charge on any atom is 0.257 e. The molecule has 0 radical (unpaired) electrons. The smallest absolute Gasteiger partial charge is 0.257 e. The second kappa shape index (κ2) is 9.42. The van der Waals surface area contributed by atoms with Crippen LogP contribution in [0, 0.1) is 0 Å². The summed E-state index contributed by atoms with van der Waals surface area (Å²) >= 11 is 0. The van der Waals surface area contributed by atoms with Crippen molar-refractivity contribution in [3.63, 3.8) is 0 Å². The van der Waals surface area contributed by atoms with Gasteiger partial charge in [-0.2, -0.15) is 0 Å². The highest BCUT2D eigenvalue weighted by Crippen LogP contribution is 2.17. The van der Waals surface area contributed by atoms with E-state index in [2.05, 4.69) is 27.9 Å². The highest BCUT2D eigenvalue weighted by atomic mass is 16.2. The lowest BCUT2D eigenvalue weighted by atomic mass is 10.2. The van der Waals surface area contributed by atoms with E-state index in [9.17, 15) is 9.59 Å². The average molecular weight is 340 g/mol. The number of carbonyl (C=O) groups is 2. The molecule has 1 aromatic carbocycles. The van der Waals surface area contributed by atoms with E-state index < -0.39 is 0 Å². The predicted octanol–water partition coefficient (Wildman–Crippen LogP) is 3.89. The van der Waals surface area contributed by atoms with Gasteiger partial charge in [-0.1, -0.05) is 25.8 Å². The Kier molecular flexibility index (Phi) is 6.95. The van der Waals surface area contributed by atoms with Gasteiger partial charge >= 0.3 is 0 Å². The number of aromatic nitrogens is 1. The zero-order valence-electron chi connectivity index (χ0n) is 14.6. The number of hydrogen-bond donors (Lipinski definition) is 3. The summed E-state index contributed by atoms with van der Waals surface area (Å²) in [4.78, 5) is 27.7. The van der Waals surface area contributed by atoms with Gasteiger partial charge in [-0.15, -0.1) is 0 Å². The van der Waals surface area contributed by atoms with Gasteiger partial charge in [0.2, 0.25) is 5.91 Å². The number of benzene rings is 1. The maximum atomic E-state index is 12.4. The normalized spacial score (nSPS) is 10.2. The molecule has 6 nitrogen and oxygen atoms in total. The molecule has 2 aromatic rings. The molecule has 6 heteroatoms. The predicted molar refractivity (Wildman–Crippen MR) is 101 cm³/mol. The number of pyridine rings is 1. The minimum atomic E-state index is -0.246. The summed E-state index contributed by atoms with van der Waals surface area (Å²) in [5.41, 5.74) is 2.55. The number of anilines is 3. The largest absolute Gasteiger partial charge is 0.384 e. The van der Waals surface area contributed by atoms with Crippen LogP contribution in [-0.2, 0) is 4.79 Å². The Hall–Kier alpha value is -2.89. The third-order valence-corrected chi connectivity index (χ3v) is 3.55. The summed E-state index contributed by atoms with van der Waals surface area (Å²) in [5.74, 6) is -0.404. The quantitative estimate of drug-likeness (QED) is 0.637. The highest BCUT2D eigenvalue weighted by molar-refractivity contribution is 6.05. The Bertz CT molecular complexity index is 731. The molecule has 0 spiro atoms. The molecule has 0 saturated heterocycles. The van der Waals surface area contributed by atoms with E-state index >= 15 is 0 Å². The second-order valence-corrected chi connectivity index (χ2v) is 5.81. The molecular formula is C19H24N4O2. The Morgan fingerprint density at radius 3 is 2.48 bits per heavy atom. The van der Waals surface area contributed by atoms with Crippen LogP contribution < -0.4 is 16.0 Å². The average Bonchev–Trinajstić information content (AvgIpc) is 2.59. The van der Waals surface area contributed by atoms with Crippen molar-refractivity contribution in [2.24, 2.45) is 0 Å². The van der Waals surface area contributed by atoms with Gasteiger partial charge in [0.1, 0.15) is 0 Å². The van der Waals surface area contributed by atoms with Gasteiger partial charge < -0.3 is 16.0 Å². The topological polar surface area (TPSA) is 83.1 Å². The molecule has 1 heterocycles. The van der Waals surface area contributed by atoms with Crippen molar-refractivity contribution in [1.29, 1.82) is 0 Å². The SMILES string of the molecule is CCCCCNc1cncc(C(=O)Nc2cccc(NC(C)=O)c2)c1. The fourth-order valence-corrected chi connectivity index (χ4v) is 2.35. The molecule has 1 aromatic heterocycles. The number of nitrogens with zero attached hydrogens (tertiary/aromatic N) is 1. The lowest BCUT2D eigenvalue weighted by Crippen LogP contribution is -2.13.